The second kappa shape index (κ2) is 9.47. The molecule has 0 N–H and O–H groups in total. The molecule has 0 spiro atoms. The zero-order valence-corrected chi connectivity index (χ0v) is 16.1. The normalized spacial score (nSPS) is 20.0. The first-order valence-electron chi connectivity index (χ1n) is 7.41. The minimum absolute atomic E-state index is 0.413. The van der Waals surface area contributed by atoms with Crippen LogP contribution in [0.4, 0.5) is 0 Å². The van der Waals surface area contributed by atoms with Crippen molar-refractivity contribution in [2.45, 2.75) is 11.8 Å². The van der Waals surface area contributed by atoms with Crippen molar-refractivity contribution in [1.29, 1.82) is 0 Å². The molecule has 3 nitrogen and oxygen atoms in total. The van der Waals surface area contributed by atoms with Crippen molar-refractivity contribution in [1.82, 2.24) is 4.31 Å². The molecule has 0 amide bonds. The van der Waals surface area contributed by atoms with Crippen molar-refractivity contribution in [3.05, 3.63) is 29.8 Å². The van der Waals surface area contributed by atoms with Crippen LogP contribution in [0.5, 0.6) is 0 Å². The van der Waals surface area contributed by atoms with E-state index in [1.807, 2.05) is 54.3 Å². The molecule has 0 saturated carbocycles. The van der Waals surface area contributed by atoms with E-state index in [4.69, 9.17) is 0 Å². The van der Waals surface area contributed by atoms with Gasteiger partial charge in [-0.3, -0.25) is 0 Å². The predicted octanol–water partition coefficient (Wildman–Crippen LogP) is 3.20. The van der Waals surface area contributed by atoms with Crippen molar-refractivity contribution in [3.8, 4) is 0 Å². The Kier molecular flexibility index (Phi) is 7.97. The quantitative estimate of drug-likeness (QED) is 0.791. The summed E-state index contributed by atoms with van der Waals surface area (Å²) in [6.07, 6.45) is 0. The first kappa shape index (κ1) is 18.5. The van der Waals surface area contributed by atoms with Gasteiger partial charge < -0.3 is 0 Å². The number of hydrogen-bond donors (Lipinski definition) is 0. The van der Waals surface area contributed by atoms with Crippen LogP contribution in [-0.2, 0) is 10.0 Å². The lowest BCUT2D eigenvalue weighted by atomic mass is 10.2. The van der Waals surface area contributed by atoms with Gasteiger partial charge >= 0.3 is 0 Å². The van der Waals surface area contributed by atoms with Crippen molar-refractivity contribution < 1.29 is 8.42 Å². The van der Waals surface area contributed by atoms with Gasteiger partial charge in [0, 0.05) is 47.6 Å². The molecule has 0 radical (unpaired) electrons. The maximum Gasteiger partial charge on any atom is 0.243 e. The highest BCUT2D eigenvalue weighted by Gasteiger charge is 2.23. The van der Waals surface area contributed by atoms with E-state index in [1.54, 1.807) is 16.4 Å². The van der Waals surface area contributed by atoms with Gasteiger partial charge in [0.15, 0.2) is 0 Å². The van der Waals surface area contributed by atoms with Gasteiger partial charge in [0.1, 0.15) is 0 Å². The fourth-order valence-electron chi connectivity index (χ4n) is 2.09. The van der Waals surface area contributed by atoms with E-state index in [2.05, 4.69) is 0 Å². The fourth-order valence-corrected chi connectivity index (χ4v) is 6.96. The molecule has 0 aromatic heterocycles. The molecule has 2 rings (SSSR count). The maximum absolute atomic E-state index is 12.8. The molecule has 0 bridgehead atoms. The average Bonchev–Trinajstić information content (AvgIpc) is 2.48. The van der Waals surface area contributed by atoms with Crippen LogP contribution < -0.4 is 0 Å². The van der Waals surface area contributed by atoms with Crippen molar-refractivity contribution in [3.63, 3.8) is 0 Å². The van der Waals surface area contributed by atoms with E-state index in [-0.39, 0.29) is 0 Å². The molecule has 1 aromatic rings. The predicted molar refractivity (Wildman–Crippen MR) is 102 cm³/mol. The zero-order valence-electron chi connectivity index (χ0n) is 12.9. The minimum Gasteiger partial charge on any atom is -0.207 e. The standard InChI is InChI=1S/C15H23NO2S4/c1-14-2-4-15(5-3-14)22(17,18)16-6-8-19-10-12-21-13-11-20-9-7-16/h2-5H,6-13H2,1H3. The molecule has 0 aliphatic carbocycles. The van der Waals surface area contributed by atoms with E-state index in [1.165, 1.54) is 0 Å². The molecule has 7 heteroatoms. The summed E-state index contributed by atoms with van der Waals surface area (Å²) in [5, 5.41) is 0. The molecule has 22 heavy (non-hydrogen) atoms. The molecule has 1 fully saturated rings. The van der Waals surface area contributed by atoms with Crippen LogP contribution in [0.2, 0.25) is 0 Å². The lowest BCUT2D eigenvalue weighted by molar-refractivity contribution is 0.450. The molecule has 0 unspecified atom stereocenters. The van der Waals surface area contributed by atoms with E-state index >= 15 is 0 Å². The monoisotopic (exact) mass is 377 g/mol. The highest BCUT2D eigenvalue weighted by atomic mass is 32.2. The summed E-state index contributed by atoms with van der Waals surface area (Å²) in [6, 6.07) is 7.17. The van der Waals surface area contributed by atoms with Crippen LogP contribution in [-0.4, -0.2) is 60.3 Å². The Balaban J connectivity index is 2.08. The van der Waals surface area contributed by atoms with Gasteiger partial charge in [-0.15, -0.1) is 0 Å². The third-order valence-corrected chi connectivity index (χ3v) is 8.72. The molecule has 1 aliphatic rings. The van der Waals surface area contributed by atoms with E-state index in [9.17, 15) is 8.42 Å². The lowest BCUT2D eigenvalue weighted by Gasteiger charge is -2.22. The van der Waals surface area contributed by atoms with Gasteiger partial charge in [-0.25, -0.2) is 8.42 Å². The van der Waals surface area contributed by atoms with E-state index in [0.29, 0.717) is 18.0 Å². The lowest BCUT2D eigenvalue weighted by Crippen LogP contribution is -2.35. The van der Waals surface area contributed by atoms with Crippen LogP contribution in [0.1, 0.15) is 5.56 Å². The number of aryl methyl sites for hydroxylation is 1. The topological polar surface area (TPSA) is 37.4 Å². The number of nitrogens with zero attached hydrogens (tertiary/aromatic N) is 1. The maximum atomic E-state index is 12.8. The van der Waals surface area contributed by atoms with Gasteiger partial charge in [-0.2, -0.15) is 39.6 Å². The molecular weight excluding hydrogens is 354 g/mol. The van der Waals surface area contributed by atoms with Crippen LogP contribution in [0, 0.1) is 6.92 Å². The molecule has 1 heterocycles. The SMILES string of the molecule is Cc1ccc(S(=O)(=O)N2CCSCCSCCSCC2)cc1. The molecule has 0 atom stereocenters. The summed E-state index contributed by atoms with van der Waals surface area (Å²) >= 11 is 5.70. The molecule has 1 saturated heterocycles. The fraction of sp³-hybridized carbons (Fsp3) is 0.600. The first-order valence-corrected chi connectivity index (χ1v) is 12.3. The average molecular weight is 378 g/mol. The summed E-state index contributed by atoms with van der Waals surface area (Å²) in [5.74, 6) is 6.28. The minimum atomic E-state index is -3.37. The second-order valence-electron chi connectivity index (χ2n) is 5.05. The van der Waals surface area contributed by atoms with Crippen LogP contribution in [0.15, 0.2) is 29.2 Å². The smallest absolute Gasteiger partial charge is 0.207 e. The Morgan fingerprint density at radius 2 is 1.27 bits per heavy atom. The second-order valence-corrected chi connectivity index (χ2v) is 10.7. The van der Waals surface area contributed by atoms with Crippen LogP contribution in [0.3, 0.4) is 0 Å². The van der Waals surface area contributed by atoms with E-state index < -0.39 is 10.0 Å². The zero-order chi connectivity index (χ0) is 15.8. The largest absolute Gasteiger partial charge is 0.243 e. The number of hydrogen-bond acceptors (Lipinski definition) is 5. The van der Waals surface area contributed by atoms with Crippen molar-refractivity contribution in [2.24, 2.45) is 0 Å². The summed E-state index contributed by atoms with van der Waals surface area (Å²) < 4.78 is 27.3. The molecule has 1 aliphatic heterocycles. The third kappa shape index (κ3) is 5.67. The highest BCUT2D eigenvalue weighted by Crippen LogP contribution is 2.19. The highest BCUT2D eigenvalue weighted by molar-refractivity contribution is 8.04. The van der Waals surface area contributed by atoms with Crippen molar-refractivity contribution in [2.75, 3.05) is 47.6 Å². The Bertz CT molecular complexity index is 533. The summed E-state index contributed by atoms with van der Waals surface area (Å²) in [4.78, 5) is 0.413. The van der Waals surface area contributed by atoms with Crippen LogP contribution >= 0.6 is 35.3 Å². The Hall–Kier alpha value is 0.180. The first-order chi connectivity index (χ1) is 10.6. The Morgan fingerprint density at radius 3 is 1.77 bits per heavy atom. The van der Waals surface area contributed by atoms with E-state index in [0.717, 1.165) is 40.1 Å². The summed E-state index contributed by atoms with van der Waals surface area (Å²) in [5.41, 5.74) is 1.08. The van der Waals surface area contributed by atoms with Gasteiger partial charge in [-0.05, 0) is 19.1 Å². The number of thioether (sulfide) groups is 3. The third-order valence-electron chi connectivity index (χ3n) is 3.37. The van der Waals surface area contributed by atoms with Crippen molar-refractivity contribution >= 4 is 45.3 Å². The van der Waals surface area contributed by atoms with Gasteiger partial charge in [0.05, 0.1) is 4.90 Å². The number of sulfonamides is 1. The Labute approximate surface area is 147 Å². The number of benzene rings is 1. The summed E-state index contributed by atoms with van der Waals surface area (Å²) in [7, 11) is -3.37. The van der Waals surface area contributed by atoms with Gasteiger partial charge in [0.2, 0.25) is 10.0 Å². The number of rotatable bonds is 2. The van der Waals surface area contributed by atoms with Gasteiger partial charge in [0.25, 0.3) is 0 Å². The van der Waals surface area contributed by atoms with Gasteiger partial charge in [-0.1, -0.05) is 17.7 Å². The molecule has 124 valence electrons. The van der Waals surface area contributed by atoms with Crippen LogP contribution in [0.25, 0.3) is 0 Å². The molecular formula is C15H23NO2S4. The summed E-state index contributed by atoms with van der Waals surface area (Å²) in [6.45, 7) is 3.18. The molecule has 1 aromatic carbocycles. The Morgan fingerprint density at radius 1 is 0.818 bits per heavy atom.